The standard InChI is InChI=1S/C16H15N3OS/c1-10-6-7-11(21-10)8-19-16(20)14-9-18-15(17)13-5-3-2-4-12(13)14/h2-7,9H,8H2,1H3,(H2,17,18)(H,19,20). The minimum absolute atomic E-state index is 0.134. The van der Waals surface area contributed by atoms with Gasteiger partial charge in [-0.1, -0.05) is 24.3 Å². The van der Waals surface area contributed by atoms with Gasteiger partial charge in [-0.25, -0.2) is 4.98 Å². The number of aryl methyl sites for hydroxylation is 1. The first-order valence-corrected chi connectivity index (χ1v) is 7.43. The van der Waals surface area contributed by atoms with Gasteiger partial charge in [0, 0.05) is 21.3 Å². The van der Waals surface area contributed by atoms with E-state index in [-0.39, 0.29) is 5.91 Å². The SMILES string of the molecule is Cc1ccc(CNC(=O)c2cnc(N)c3ccccc23)s1. The van der Waals surface area contributed by atoms with Crippen molar-refractivity contribution in [2.24, 2.45) is 0 Å². The van der Waals surface area contributed by atoms with E-state index in [9.17, 15) is 4.79 Å². The van der Waals surface area contributed by atoms with Crippen molar-refractivity contribution in [3.8, 4) is 0 Å². The zero-order valence-electron chi connectivity index (χ0n) is 11.6. The Morgan fingerprint density at radius 3 is 2.71 bits per heavy atom. The lowest BCUT2D eigenvalue weighted by Crippen LogP contribution is -2.22. The number of rotatable bonds is 3. The van der Waals surface area contributed by atoms with Crippen LogP contribution >= 0.6 is 11.3 Å². The Morgan fingerprint density at radius 2 is 2.00 bits per heavy atom. The number of hydrogen-bond acceptors (Lipinski definition) is 4. The van der Waals surface area contributed by atoms with Crippen LogP contribution in [0.15, 0.2) is 42.6 Å². The summed E-state index contributed by atoms with van der Waals surface area (Å²) in [4.78, 5) is 18.8. The van der Waals surface area contributed by atoms with Crippen LogP contribution < -0.4 is 11.1 Å². The van der Waals surface area contributed by atoms with Crippen LogP contribution in [0.2, 0.25) is 0 Å². The highest BCUT2D eigenvalue weighted by molar-refractivity contribution is 7.11. The topological polar surface area (TPSA) is 68.0 Å². The van der Waals surface area contributed by atoms with Crippen molar-refractivity contribution in [3.63, 3.8) is 0 Å². The molecule has 1 amide bonds. The predicted molar refractivity (Wildman–Crippen MR) is 86.4 cm³/mol. The first kappa shape index (κ1) is 13.6. The van der Waals surface area contributed by atoms with Gasteiger partial charge >= 0.3 is 0 Å². The van der Waals surface area contributed by atoms with E-state index in [1.807, 2.05) is 43.3 Å². The molecule has 1 aromatic carbocycles. The van der Waals surface area contributed by atoms with Gasteiger partial charge in [-0.05, 0) is 24.4 Å². The van der Waals surface area contributed by atoms with Crippen LogP contribution in [0.4, 0.5) is 5.82 Å². The van der Waals surface area contributed by atoms with Crippen molar-refractivity contribution < 1.29 is 4.79 Å². The normalized spacial score (nSPS) is 10.7. The molecule has 21 heavy (non-hydrogen) atoms. The maximum Gasteiger partial charge on any atom is 0.253 e. The van der Waals surface area contributed by atoms with Gasteiger partial charge in [0.2, 0.25) is 0 Å². The lowest BCUT2D eigenvalue weighted by Gasteiger charge is -2.08. The summed E-state index contributed by atoms with van der Waals surface area (Å²) in [6.45, 7) is 2.57. The highest BCUT2D eigenvalue weighted by Gasteiger charge is 2.12. The smallest absolute Gasteiger partial charge is 0.253 e. The highest BCUT2D eigenvalue weighted by Crippen LogP contribution is 2.22. The van der Waals surface area contributed by atoms with Crippen molar-refractivity contribution in [2.45, 2.75) is 13.5 Å². The van der Waals surface area contributed by atoms with Crippen LogP contribution in [-0.4, -0.2) is 10.9 Å². The molecule has 0 spiro atoms. The molecule has 106 valence electrons. The number of pyridine rings is 1. The van der Waals surface area contributed by atoms with E-state index in [1.165, 1.54) is 11.1 Å². The predicted octanol–water partition coefficient (Wildman–Crippen LogP) is 3.12. The van der Waals surface area contributed by atoms with Crippen molar-refractivity contribution in [1.29, 1.82) is 0 Å². The third-order valence-electron chi connectivity index (χ3n) is 3.29. The Labute approximate surface area is 126 Å². The molecule has 3 rings (SSSR count). The zero-order chi connectivity index (χ0) is 14.8. The highest BCUT2D eigenvalue weighted by atomic mass is 32.1. The first-order chi connectivity index (χ1) is 10.1. The molecule has 3 N–H and O–H groups in total. The van der Waals surface area contributed by atoms with Crippen molar-refractivity contribution in [3.05, 3.63) is 57.9 Å². The lowest BCUT2D eigenvalue weighted by atomic mass is 10.1. The van der Waals surface area contributed by atoms with Crippen LogP contribution in [0, 0.1) is 6.92 Å². The molecule has 2 heterocycles. The van der Waals surface area contributed by atoms with Gasteiger partial charge in [-0.2, -0.15) is 0 Å². The second-order valence-corrected chi connectivity index (χ2v) is 6.17. The molecule has 0 aliphatic heterocycles. The van der Waals surface area contributed by atoms with Gasteiger partial charge in [0.25, 0.3) is 5.91 Å². The molecule has 4 nitrogen and oxygen atoms in total. The third-order valence-corrected chi connectivity index (χ3v) is 4.29. The van der Waals surface area contributed by atoms with Crippen molar-refractivity contribution in [2.75, 3.05) is 5.73 Å². The molecule has 0 atom stereocenters. The molecular formula is C16H15N3OS. The number of benzene rings is 1. The molecule has 0 fully saturated rings. The summed E-state index contributed by atoms with van der Waals surface area (Å²) < 4.78 is 0. The number of fused-ring (bicyclic) bond motifs is 1. The minimum Gasteiger partial charge on any atom is -0.383 e. The molecule has 0 radical (unpaired) electrons. The Balaban J connectivity index is 1.86. The van der Waals surface area contributed by atoms with Gasteiger partial charge in [0.05, 0.1) is 12.1 Å². The molecule has 0 saturated heterocycles. The Bertz CT molecular complexity index is 810. The monoisotopic (exact) mass is 297 g/mol. The second-order valence-electron chi connectivity index (χ2n) is 4.80. The molecule has 0 bridgehead atoms. The summed E-state index contributed by atoms with van der Waals surface area (Å²) >= 11 is 1.68. The fraction of sp³-hybridized carbons (Fsp3) is 0.125. The van der Waals surface area contributed by atoms with E-state index in [1.54, 1.807) is 11.3 Å². The van der Waals surface area contributed by atoms with Gasteiger partial charge < -0.3 is 11.1 Å². The molecule has 3 aromatic rings. The maximum absolute atomic E-state index is 12.4. The first-order valence-electron chi connectivity index (χ1n) is 6.62. The Hall–Kier alpha value is -2.40. The van der Waals surface area contributed by atoms with Crippen LogP contribution in [-0.2, 0) is 6.54 Å². The molecule has 0 unspecified atom stereocenters. The summed E-state index contributed by atoms with van der Waals surface area (Å²) in [6, 6.07) is 11.6. The number of nitrogens with one attached hydrogen (secondary N) is 1. The van der Waals surface area contributed by atoms with Crippen LogP contribution in [0.5, 0.6) is 0 Å². The second kappa shape index (κ2) is 5.54. The number of hydrogen-bond donors (Lipinski definition) is 2. The van der Waals surface area contributed by atoms with Gasteiger partial charge in [0.15, 0.2) is 0 Å². The van der Waals surface area contributed by atoms with E-state index in [0.29, 0.717) is 17.9 Å². The van der Waals surface area contributed by atoms with Crippen molar-refractivity contribution >= 4 is 33.8 Å². The summed E-state index contributed by atoms with van der Waals surface area (Å²) in [5, 5.41) is 4.56. The van der Waals surface area contributed by atoms with E-state index in [4.69, 9.17) is 5.73 Å². The number of aromatic nitrogens is 1. The minimum atomic E-state index is -0.134. The number of carbonyl (C=O) groups is 1. The van der Waals surface area contributed by atoms with Gasteiger partial charge in [-0.3, -0.25) is 4.79 Å². The summed E-state index contributed by atoms with van der Waals surface area (Å²) in [6.07, 6.45) is 1.53. The Kier molecular flexibility index (Phi) is 3.58. The average molecular weight is 297 g/mol. The molecule has 2 aromatic heterocycles. The summed E-state index contributed by atoms with van der Waals surface area (Å²) in [7, 11) is 0. The number of nitrogens with two attached hydrogens (primary N) is 1. The van der Waals surface area contributed by atoms with E-state index < -0.39 is 0 Å². The fourth-order valence-corrected chi connectivity index (χ4v) is 3.07. The maximum atomic E-state index is 12.4. The summed E-state index contributed by atoms with van der Waals surface area (Å²) in [5.41, 5.74) is 6.40. The zero-order valence-corrected chi connectivity index (χ0v) is 12.4. The number of anilines is 1. The average Bonchev–Trinajstić information content (AvgIpc) is 2.91. The number of thiophene rings is 1. The molecule has 0 aliphatic rings. The quantitative estimate of drug-likeness (QED) is 0.780. The van der Waals surface area contributed by atoms with E-state index in [2.05, 4.69) is 10.3 Å². The van der Waals surface area contributed by atoms with E-state index in [0.717, 1.165) is 15.6 Å². The van der Waals surface area contributed by atoms with E-state index >= 15 is 0 Å². The lowest BCUT2D eigenvalue weighted by molar-refractivity contribution is 0.0952. The Morgan fingerprint density at radius 1 is 1.24 bits per heavy atom. The number of nitrogen functional groups attached to an aromatic ring is 1. The molecule has 0 saturated carbocycles. The molecular weight excluding hydrogens is 282 g/mol. The van der Waals surface area contributed by atoms with Crippen LogP contribution in [0.25, 0.3) is 10.8 Å². The van der Waals surface area contributed by atoms with Crippen molar-refractivity contribution in [1.82, 2.24) is 10.3 Å². The number of nitrogens with zero attached hydrogens (tertiary/aromatic N) is 1. The molecule has 5 heteroatoms. The number of amides is 1. The van der Waals surface area contributed by atoms with Crippen LogP contribution in [0.1, 0.15) is 20.1 Å². The summed E-state index contributed by atoms with van der Waals surface area (Å²) in [5.74, 6) is 0.306. The van der Waals surface area contributed by atoms with Crippen LogP contribution in [0.3, 0.4) is 0 Å². The number of carbonyl (C=O) groups excluding carboxylic acids is 1. The van der Waals surface area contributed by atoms with Gasteiger partial charge in [-0.15, -0.1) is 11.3 Å². The largest absolute Gasteiger partial charge is 0.383 e. The molecule has 0 aliphatic carbocycles. The fourth-order valence-electron chi connectivity index (χ4n) is 2.24. The van der Waals surface area contributed by atoms with Gasteiger partial charge in [0.1, 0.15) is 5.82 Å². The third kappa shape index (κ3) is 2.73.